The number of nitrogens with zero attached hydrogens (tertiary/aromatic N) is 4. The number of carbonyl (C=O) groups excluding carboxylic acids is 1. The van der Waals surface area contributed by atoms with Gasteiger partial charge in [0.15, 0.2) is 5.82 Å². The number of fused-ring (bicyclic) bond motifs is 3. The first kappa shape index (κ1) is 24.2. The minimum atomic E-state index is -0.650. The summed E-state index contributed by atoms with van der Waals surface area (Å²) in [5.41, 5.74) is 13.1. The van der Waals surface area contributed by atoms with E-state index in [9.17, 15) is 9.18 Å². The molecule has 6 rings (SSSR count). The third-order valence-corrected chi connectivity index (χ3v) is 8.06. The number of amides is 1. The van der Waals surface area contributed by atoms with Crippen molar-refractivity contribution in [1.29, 1.82) is 0 Å². The van der Waals surface area contributed by atoms with Crippen molar-refractivity contribution in [3.05, 3.63) is 53.1 Å². The molecule has 6 nitrogen and oxygen atoms in total. The van der Waals surface area contributed by atoms with E-state index in [0.29, 0.717) is 18.0 Å². The van der Waals surface area contributed by atoms with Gasteiger partial charge in [0, 0.05) is 43.1 Å². The van der Waals surface area contributed by atoms with Crippen LogP contribution in [-0.2, 0) is 25.4 Å². The molecule has 7 heteroatoms. The molecule has 0 radical (unpaired) electrons. The van der Waals surface area contributed by atoms with E-state index >= 15 is 0 Å². The van der Waals surface area contributed by atoms with Crippen LogP contribution in [0.25, 0.3) is 33.5 Å². The third kappa shape index (κ3) is 4.23. The molecule has 0 unspecified atom stereocenters. The number of carbonyl (C=O) groups is 1. The van der Waals surface area contributed by atoms with Crippen molar-refractivity contribution in [3.8, 4) is 11.5 Å². The Morgan fingerprint density at radius 1 is 1.14 bits per heavy atom. The summed E-state index contributed by atoms with van der Waals surface area (Å²) in [6.45, 7) is 7.91. The lowest BCUT2D eigenvalue weighted by molar-refractivity contribution is 0.0725. The predicted molar refractivity (Wildman–Crippen MR) is 147 cm³/mol. The van der Waals surface area contributed by atoms with E-state index in [1.165, 1.54) is 29.3 Å². The van der Waals surface area contributed by atoms with Gasteiger partial charge in [-0.05, 0) is 66.0 Å². The van der Waals surface area contributed by atoms with Gasteiger partial charge in [-0.15, -0.1) is 0 Å². The maximum Gasteiger partial charge on any atom is 0.254 e. The highest BCUT2D eigenvalue weighted by Gasteiger charge is 2.29. The SMILES string of the molecule is Cn1c(-c2cc3ccc(C(C)(C)C)cc3n2CC2CC2)nc2cc3c(cc21)CCN(C[C@H](N)CF)C3=O. The minimum Gasteiger partial charge on any atom is -0.338 e. The van der Waals surface area contributed by atoms with Gasteiger partial charge in [0.1, 0.15) is 6.67 Å². The summed E-state index contributed by atoms with van der Waals surface area (Å²) in [7, 11) is 2.06. The molecule has 1 atom stereocenters. The van der Waals surface area contributed by atoms with Crippen LogP contribution >= 0.6 is 0 Å². The molecule has 194 valence electrons. The average molecular weight is 502 g/mol. The van der Waals surface area contributed by atoms with Crippen LogP contribution in [0.2, 0.25) is 0 Å². The van der Waals surface area contributed by atoms with Gasteiger partial charge in [0.2, 0.25) is 0 Å². The second kappa shape index (κ2) is 8.69. The summed E-state index contributed by atoms with van der Waals surface area (Å²) in [4.78, 5) is 19.9. The largest absolute Gasteiger partial charge is 0.338 e. The molecule has 4 aromatic rings. The molecule has 1 aliphatic heterocycles. The maximum absolute atomic E-state index is 13.2. The first-order valence-electron chi connectivity index (χ1n) is 13.4. The zero-order valence-electron chi connectivity index (χ0n) is 22.2. The summed E-state index contributed by atoms with van der Waals surface area (Å²) in [5, 5.41) is 1.23. The van der Waals surface area contributed by atoms with Gasteiger partial charge in [0.25, 0.3) is 5.91 Å². The van der Waals surface area contributed by atoms with E-state index in [4.69, 9.17) is 10.7 Å². The number of hydrogen-bond acceptors (Lipinski definition) is 3. The van der Waals surface area contributed by atoms with E-state index in [2.05, 4.69) is 67.3 Å². The van der Waals surface area contributed by atoms with Crippen molar-refractivity contribution in [1.82, 2.24) is 19.0 Å². The number of alkyl halides is 1. The van der Waals surface area contributed by atoms with Gasteiger partial charge in [0.05, 0.1) is 22.8 Å². The second-order valence-corrected chi connectivity index (χ2v) is 12.0. The summed E-state index contributed by atoms with van der Waals surface area (Å²) >= 11 is 0. The summed E-state index contributed by atoms with van der Waals surface area (Å²) in [6, 6.07) is 12.5. The highest BCUT2D eigenvalue weighted by atomic mass is 19.1. The highest BCUT2D eigenvalue weighted by Crippen LogP contribution is 2.38. The molecule has 37 heavy (non-hydrogen) atoms. The fourth-order valence-corrected chi connectivity index (χ4v) is 5.61. The Bertz CT molecular complexity index is 1520. The standard InChI is InChI=1S/C30H36FN5O/c1-30(2,3)21-8-7-20-12-27(36(25(20)13-21)16-18-5-6-18)28-33-24-14-23-19(11-26(24)34(28)4)9-10-35(29(23)37)17-22(32)15-31/h7-8,11-14,18,22H,5-6,9-10,15-17,32H2,1-4H3/t22-/m1/s1. The van der Waals surface area contributed by atoms with Crippen molar-refractivity contribution in [2.45, 2.75) is 58.0 Å². The van der Waals surface area contributed by atoms with Crippen LogP contribution in [0.1, 0.15) is 55.1 Å². The van der Waals surface area contributed by atoms with Crippen LogP contribution < -0.4 is 5.73 Å². The van der Waals surface area contributed by atoms with Crippen molar-refractivity contribution in [3.63, 3.8) is 0 Å². The molecule has 3 heterocycles. The Labute approximate surface area is 217 Å². The van der Waals surface area contributed by atoms with E-state index < -0.39 is 12.7 Å². The number of halogens is 1. The maximum atomic E-state index is 13.2. The van der Waals surface area contributed by atoms with Crippen molar-refractivity contribution in [2.24, 2.45) is 18.7 Å². The van der Waals surface area contributed by atoms with Crippen LogP contribution in [-0.4, -0.2) is 50.7 Å². The molecule has 1 aliphatic carbocycles. The molecule has 0 saturated heterocycles. The van der Waals surface area contributed by atoms with E-state index in [1.54, 1.807) is 4.90 Å². The van der Waals surface area contributed by atoms with Gasteiger partial charge < -0.3 is 19.8 Å². The van der Waals surface area contributed by atoms with Crippen LogP contribution in [0.15, 0.2) is 36.4 Å². The van der Waals surface area contributed by atoms with E-state index in [-0.39, 0.29) is 17.9 Å². The molecule has 2 aromatic heterocycles. The van der Waals surface area contributed by atoms with Crippen molar-refractivity contribution in [2.75, 3.05) is 19.8 Å². The lowest BCUT2D eigenvalue weighted by Gasteiger charge is -2.30. The number of rotatable bonds is 6. The fourth-order valence-electron chi connectivity index (χ4n) is 5.61. The molecule has 2 aromatic carbocycles. The molecule has 1 fully saturated rings. The second-order valence-electron chi connectivity index (χ2n) is 12.0. The van der Waals surface area contributed by atoms with Gasteiger partial charge in [-0.1, -0.05) is 32.9 Å². The van der Waals surface area contributed by atoms with Crippen LogP contribution in [0.3, 0.4) is 0 Å². The van der Waals surface area contributed by atoms with Crippen LogP contribution in [0.4, 0.5) is 4.39 Å². The molecule has 1 saturated carbocycles. The highest BCUT2D eigenvalue weighted by molar-refractivity contribution is 6.00. The van der Waals surface area contributed by atoms with Gasteiger partial charge in [-0.2, -0.15) is 0 Å². The number of nitrogens with two attached hydrogens (primary N) is 1. The normalized spacial score (nSPS) is 17.1. The topological polar surface area (TPSA) is 69.1 Å². The Morgan fingerprint density at radius 2 is 1.92 bits per heavy atom. The monoisotopic (exact) mass is 501 g/mol. The molecule has 0 spiro atoms. The molecule has 2 aliphatic rings. The Hall–Kier alpha value is -3.19. The first-order chi connectivity index (χ1) is 17.6. The number of aromatic nitrogens is 3. The van der Waals surface area contributed by atoms with E-state index in [0.717, 1.165) is 41.1 Å². The summed E-state index contributed by atoms with van der Waals surface area (Å²) in [6.07, 6.45) is 3.28. The number of benzene rings is 2. The van der Waals surface area contributed by atoms with Gasteiger partial charge in [-0.25, -0.2) is 9.37 Å². The smallest absolute Gasteiger partial charge is 0.254 e. The number of imidazole rings is 1. The number of hydrogen-bond donors (Lipinski definition) is 1. The molecule has 1 amide bonds. The van der Waals surface area contributed by atoms with Crippen molar-refractivity contribution < 1.29 is 9.18 Å². The Balaban J connectivity index is 1.46. The fraction of sp³-hybridized carbons (Fsp3) is 0.467. The molecular weight excluding hydrogens is 465 g/mol. The summed E-state index contributed by atoms with van der Waals surface area (Å²) in [5.74, 6) is 1.54. The number of aryl methyl sites for hydroxylation is 1. The van der Waals surface area contributed by atoms with Crippen LogP contribution in [0, 0.1) is 5.92 Å². The van der Waals surface area contributed by atoms with Crippen molar-refractivity contribution >= 4 is 27.8 Å². The Morgan fingerprint density at radius 3 is 2.62 bits per heavy atom. The van der Waals surface area contributed by atoms with Gasteiger partial charge in [-0.3, -0.25) is 4.79 Å². The summed E-state index contributed by atoms with van der Waals surface area (Å²) < 4.78 is 17.6. The van der Waals surface area contributed by atoms with E-state index in [1.807, 2.05) is 6.07 Å². The molecular formula is C30H36FN5O. The van der Waals surface area contributed by atoms with Crippen LogP contribution in [0.5, 0.6) is 0 Å². The quantitative estimate of drug-likeness (QED) is 0.395. The third-order valence-electron chi connectivity index (χ3n) is 8.06. The Kier molecular flexibility index (Phi) is 5.68. The minimum absolute atomic E-state index is 0.0779. The molecule has 0 bridgehead atoms. The molecule has 2 N–H and O–H groups in total. The van der Waals surface area contributed by atoms with Gasteiger partial charge >= 0.3 is 0 Å². The zero-order chi connectivity index (χ0) is 26.1. The first-order valence-corrected chi connectivity index (χ1v) is 13.4. The average Bonchev–Trinajstić information content (AvgIpc) is 3.54. The lowest BCUT2D eigenvalue weighted by Crippen LogP contribution is -2.45. The lowest BCUT2D eigenvalue weighted by atomic mass is 9.87. The zero-order valence-corrected chi connectivity index (χ0v) is 22.2. The predicted octanol–water partition coefficient (Wildman–Crippen LogP) is 5.20.